The van der Waals surface area contributed by atoms with E-state index in [0.29, 0.717) is 24.0 Å². The number of hydrogen-bond acceptors (Lipinski definition) is 5. The molecule has 0 saturated carbocycles. The van der Waals surface area contributed by atoms with Gasteiger partial charge in [0, 0.05) is 28.9 Å². The molecule has 0 saturated heterocycles. The Morgan fingerprint density at radius 1 is 1.35 bits per heavy atom. The summed E-state index contributed by atoms with van der Waals surface area (Å²) in [7, 11) is 0. The lowest BCUT2D eigenvalue weighted by Crippen LogP contribution is -2.18. The average Bonchev–Trinajstić information content (AvgIpc) is 3.08. The number of aromatic nitrogens is 1. The van der Waals surface area contributed by atoms with Crippen LogP contribution in [0.15, 0.2) is 35.8 Å². The fourth-order valence-electron chi connectivity index (χ4n) is 2.58. The normalized spacial score (nSPS) is 12.4. The molecule has 5 nitrogen and oxygen atoms in total. The van der Waals surface area contributed by atoms with Gasteiger partial charge in [-0.2, -0.15) is 0 Å². The predicted molar refractivity (Wildman–Crippen MR) is 99.7 cm³/mol. The molecular weight excluding hydrogens is 399 g/mol. The molecule has 1 unspecified atom stereocenters. The van der Waals surface area contributed by atoms with Gasteiger partial charge in [-0.15, -0.1) is 11.3 Å². The van der Waals surface area contributed by atoms with Crippen molar-refractivity contribution in [2.24, 2.45) is 0 Å². The van der Waals surface area contributed by atoms with E-state index >= 15 is 0 Å². The van der Waals surface area contributed by atoms with Gasteiger partial charge in [-0.25, -0.2) is 14.1 Å². The summed E-state index contributed by atoms with van der Waals surface area (Å²) in [5, 5.41) is 0.184. The molecule has 0 fully saturated rings. The van der Waals surface area contributed by atoms with Gasteiger partial charge in [0.2, 0.25) is 0 Å². The first-order valence-corrected chi connectivity index (χ1v) is 9.97. The highest BCUT2D eigenvalue weighted by atomic mass is 35.5. The van der Waals surface area contributed by atoms with Crippen molar-refractivity contribution in [3.8, 4) is 0 Å². The van der Waals surface area contributed by atoms with Crippen molar-refractivity contribution in [1.29, 1.82) is 0 Å². The molecule has 2 aromatic carbocycles. The van der Waals surface area contributed by atoms with Crippen LogP contribution in [0, 0.1) is 5.82 Å². The third-order valence-electron chi connectivity index (χ3n) is 3.79. The quantitative estimate of drug-likeness (QED) is 0.365. The van der Waals surface area contributed by atoms with Crippen LogP contribution >= 0.6 is 22.9 Å². The van der Waals surface area contributed by atoms with E-state index in [2.05, 4.69) is 9.71 Å². The number of ketones is 1. The van der Waals surface area contributed by atoms with Gasteiger partial charge in [0.15, 0.2) is 5.78 Å². The van der Waals surface area contributed by atoms with Crippen LogP contribution in [0.25, 0.3) is 10.2 Å². The molecule has 1 aromatic heterocycles. The van der Waals surface area contributed by atoms with Crippen LogP contribution in [0.2, 0.25) is 5.02 Å². The summed E-state index contributed by atoms with van der Waals surface area (Å²) in [6.45, 7) is 0.203. The van der Waals surface area contributed by atoms with Crippen molar-refractivity contribution >= 4 is 50.2 Å². The Bertz CT molecular complexity index is 993. The first-order chi connectivity index (χ1) is 12.5. The minimum atomic E-state index is -2.34. The molecule has 1 heterocycles. The highest BCUT2D eigenvalue weighted by molar-refractivity contribution is 7.77. The van der Waals surface area contributed by atoms with Gasteiger partial charge in [-0.3, -0.25) is 9.00 Å². The number of nitrogens with zero attached hydrogens (tertiary/aromatic N) is 1. The van der Waals surface area contributed by atoms with Gasteiger partial charge in [0.05, 0.1) is 20.7 Å². The molecular formula is C17H13ClFN2O3S2-. The lowest BCUT2D eigenvalue weighted by molar-refractivity contribution is 0.103. The van der Waals surface area contributed by atoms with Gasteiger partial charge >= 0.3 is 0 Å². The number of nitrogens with one attached hydrogen (secondary N) is 1. The zero-order chi connectivity index (χ0) is 18.7. The summed E-state index contributed by atoms with van der Waals surface area (Å²) in [6, 6.07) is 7.47. The van der Waals surface area contributed by atoms with E-state index in [1.807, 2.05) is 0 Å². The van der Waals surface area contributed by atoms with E-state index < -0.39 is 17.1 Å². The molecule has 26 heavy (non-hydrogen) atoms. The first-order valence-electron chi connectivity index (χ1n) is 7.64. The second-order valence-corrected chi connectivity index (χ2v) is 7.55. The van der Waals surface area contributed by atoms with Crippen LogP contribution in [0.1, 0.15) is 27.9 Å². The Kier molecular flexibility index (Phi) is 6.10. The fraction of sp³-hybridized carbons (Fsp3) is 0.176. The van der Waals surface area contributed by atoms with Crippen LogP contribution in [-0.4, -0.2) is 26.1 Å². The van der Waals surface area contributed by atoms with E-state index in [0.717, 1.165) is 16.3 Å². The summed E-state index contributed by atoms with van der Waals surface area (Å²) in [5.41, 5.74) is 3.44. The second kappa shape index (κ2) is 8.32. The number of rotatable bonds is 7. The maximum atomic E-state index is 14.0. The zero-order valence-corrected chi connectivity index (χ0v) is 15.7. The van der Waals surface area contributed by atoms with Crippen LogP contribution in [0.4, 0.5) is 4.39 Å². The highest BCUT2D eigenvalue weighted by Gasteiger charge is 2.18. The number of carbonyl (C=O) groups excluding carboxylic acids is 1. The Hall–Kier alpha value is -1.71. The molecule has 136 valence electrons. The second-order valence-electron chi connectivity index (χ2n) is 5.52. The smallest absolute Gasteiger partial charge is 0.194 e. The summed E-state index contributed by atoms with van der Waals surface area (Å²) in [5.74, 6) is -0.934. The van der Waals surface area contributed by atoms with Crippen LogP contribution < -0.4 is 4.72 Å². The van der Waals surface area contributed by atoms with Gasteiger partial charge < -0.3 is 4.55 Å². The molecule has 1 N–H and O–H groups in total. The number of carbonyl (C=O) groups is 1. The summed E-state index contributed by atoms with van der Waals surface area (Å²) in [4.78, 5) is 17.0. The molecule has 0 aliphatic carbocycles. The zero-order valence-electron chi connectivity index (χ0n) is 13.3. The predicted octanol–water partition coefficient (Wildman–Crippen LogP) is 3.64. The molecule has 0 aliphatic rings. The standard InChI is InChI=1S/C17H14ClFN2O3S2/c18-16-10(2-1-5-21-26(23)24)6-12(19)8-13(16)17(22)11-3-4-14-15(7-11)25-9-20-14/h3-4,6-9,21H,1-2,5H2,(H,23,24)/p-1. The van der Waals surface area contributed by atoms with Crippen molar-refractivity contribution < 1.29 is 17.9 Å². The lowest BCUT2D eigenvalue weighted by Gasteiger charge is -2.11. The minimum Gasteiger partial charge on any atom is -0.760 e. The van der Waals surface area contributed by atoms with E-state index in [9.17, 15) is 17.9 Å². The number of aryl methyl sites for hydroxylation is 1. The lowest BCUT2D eigenvalue weighted by atomic mass is 9.99. The first kappa shape index (κ1) is 19.1. The number of thiazole rings is 1. The molecule has 0 bridgehead atoms. The third-order valence-corrected chi connectivity index (χ3v) is 5.47. The molecule has 1 atom stereocenters. The van der Waals surface area contributed by atoms with Crippen LogP contribution in [-0.2, 0) is 17.7 Å². The number of benzene rings is 2. The van der Waals surface area contributed by atoms with Crippen molar-refractivity contribution in [1.82, 2.24) is 9.71 Å². The molecule has 0 radical (unpaired) electrons. The molecule has 3 aromatic rings. The minimum absolute atomic E-state index is 0.0888. The molecule has 3 rings (SSSR count). The van der Waals surface area contributed by atoms with Crippen molar-refractivity contribution in [3.05, 3.63) is 63.4 Å². The Labute approximate surface area is 160 Å². The monoisotopic (exact) mass is 411 g/mol. The SMILES string of the molecule is O=C(c1ccc2ncsc2c1)c1cc(F)cc(CCCNS(=O)[O-])c1Cl. The number of hydrogen-bond donors (Lipinski definition) is 1. The molecule has 0 aliphatic heterocycles. The van der Waals surface area contributed by atoms with Crippen molar-refractivity contribution in [3.63, 3.8) is 0 Å². The summed E-state index contributed by atoms with van der Waals surface area (Å²) >= 11 is 5.39. The number of halogens is 2. The topological polar surface area (TPSA) is 82.1 Å². The van der Waals surface area contributed by atoms with Crippen LogP contribution in [0.3, 0.4) is 0 Å². The summed E-state index contributed by atoms with van der Waals surface area (Å²) in [6.07, 6.45) is 0.770. The van der Waals surface area contributed by atoms with Gasteiger partial charge in [-0.05, 0) is 48.7 Å². The molecule has 9 heteroatoms. The largest absolute Gasteiger partial charge is 0.760 e. The maximum absolute atomic E-state index is 14.0. The van der Waals surface area contributed by atoms with E-state index in [-0.39, 0.29) is 22.9 Å². The maximum Gasteiger partial charge on any atom is 0.194 e. The molecule has 0 amide bonds. The fourth-order valence-corrected chi connectivity index (χ4v) is 3.90. The third kappa shape index (κ3) is 4.33. The van der Waals surface area contributed by atoms with Crippen molar-refractivity contribution in [2.45, 2.75) is 12.8 Å². The highest BCUT2D eigenvalue weighted by Crippen LogP contribution is 2.28. The van der Waals surface area contributed by atoms with E-state index in [4.69, 9.17) is 11.6 Å². The number of fused-ring (bicyclic) bond motifs is 1. The Balaban J connectivity index is 1.86. The molecule has 0 spiro atoms. The van der Waals surface area contributed by atoms with Crippen LogP contribution in [0.5, 0.6) is 0 Å². The van der Waals surface area contributed by atoms with E-state index in [1.165, 1.54) is 17.4 Å². The van der Waals surface area contributed by atoms with Gasteiger partial charge in [0.1, 0.15) is 5.82 Å². The van der Waals surface area contributed by atoms with E-state index in [1.54, 1.807) is 23.7 Å². The van der Waals surface area contributed by atoms with Gasteiger partial charge in [0.25, 0.3) is 0 Å². The van der Waals surface area contributed by atoms with Crippen molar-refractivity contribution in [2.75, 3.05) is 6.54 Å². The Morgan fingerprint density at radius 3 is 2.92 bits per heavy atom. The summed E-state index contributed by atoms with van der Waals surface area (Å²) < 4.78 is 38.0. The average molecular weight is 412 g/mol. The van der Waals surface area contributed by atoms with Gasteiger partial charge in [-0.1, -0.05) is 11.6 Å². The Morgan fingerprint density at radius 2 is 2.15 bits per heavy atom.